The Labute approximate surface area is 84.5 Å². The average Bonchev–Trinajstić information content (AvgIpc) is 2.26. The summed E-state index contributed by atoms with van der Waals surface area (Å²) in [7, 11) is 1.70. The van der Waals surface area contributed by atoms with Gasteiger partial charge in [-0.1, -0.05) is 13.8 Å². The van der Waals surface area contributed by atoms with E-state index < -0.39 is 0 Å². The zero-order valence-corrected chi connectivity index (χ0v) is 9.61. The molecule has 0 aliphatic carbocycles. The summed E-state index contributed by atoms with van der Waals surface area (Å²) in [5, 5.41) is 4.24. The van der Waals surface area contributed by atoms with Crippen LogP contribution in [0.5, 0.6) is 0 Å². The highest BCUT2D eigenvalue weighted by atomic mass is 16.2. The second kappa shape index (κ2) is 3.98. The van der Waals surface area contributed by atoms with Gasteiger partial charge in [0.2, 0.25) is 0 Å². The van der Waals surface area contributed by atoms with Crippen LogP contribution in [0.3, 0.4) is 0 Å². The minimum Gasteiger partial charge on any atom is -0.276 e. The molecule has 4 nitrogen and oxygen atoms in total. The summed E-state index contributed by atoms with van der Waals surface area (Å²) in [4.78, 5) is 11.7. The van der Waals surface area contributed by atoms with Crippen molar-refractivity contribution in [2.24, 2.45) is 13.0 Å². The summed E-state index contributed by atoms with van der Waals surface area (Å²) in [5.74, 6) is 1.41. The molecule has 0 bridgehead atoms. The fourth-order valence-corrected chi connectivity index (χ4v) is 1.55. The molecular formula is C10H19N3O. The van der Waals surface area contributed by atoms with Gasteiger partial charge in [0.1, 0.15) is 5.82 Å². The molecule has 1 rings (SSSR count). The van der Waals surface area contributed by atoms with Crippen LogP contribution in [0.15, 0.2) is 4.79 Å². The van der Waals surface area contributed by atoms with Crippen molar-refractivity contribution >= 4 is 0 Å². The molecule has 1 aromatic rings. The Morgan fingerprint density at radius 1 is 1.29 bits per heavy atom. The summed E-state index contributed by atoms with van der Waals surface area (Å²) in [6.07, 6.45) is 0.855. The van der Waals surface area contributed by atoms with E-state index in [-0.39, 0.29) is 11.7 Å². The number of rotatable bonds is 3. The summed E-state index contributed by atoms with van der Waals surface area (Å²) in [6, 6.07) is 0.185. The van der Waals surface area contributed by atoms with Crippen molar-refractivity contribution < 1.29 is 0 Å². The van der Waals surface area contributed by atoms with Gasteiger partial charge in [-0.25, -0.2) is 9.48 Å². The fraction of sp³-hybridized carbons (Fsp3) is 0.800. The lowest BCUT2D eigenvalue weighted by atomic mass is 10.1. The van der Waals surface area contributed by atoms with Gasteiger partial charge in [-0.3, -0.25) is 4.57 Å². The highest BCUT2D eigenvalue weighted by Crippen LogP contribution is 2.08. The lowest BCUT2D eigenvalue weighted by molar-refractivity contribution is 0.518. The van der Waals surface area contributed by atoms with E-state index in [1.807, 2.05) is 13.8 Å². The molecule has 80 valence electrons. The molecule has 14 heavy (non-hydrogen) atoms. The molecule has 0 saturated heterocycles. The van der Waals surface area contributed by atoms with E-state index in [9.17, 15) is 4.79 Å². The Morgan fingerprint density at radius 2 is 1.86 bits per heavy atom. The Bertz CT molecular complexity index is 360. The van der Waals surface area contributed by atoms with Gasteiger partial charge >= 0.3 is 5.69 Å². The second-order valence-corrected chi connectivity index (χ2v) is 4.38. The SMILES string of the molecule is CC(C)Cc1nn(C)c(=O)n1C(C)C. The Morgan fingerprint density at radius 3 is 2.29 bits per heavy atom. The molecule has 4 heteroatoms. The number of aryl methyl sites for hydroxylation is 1. The third-order valence-corrected chi connectivity index (χ3v) is 2.13. The molecule has 1 heterocycles. The molecule has 0 aliphatic heterocycles. The van der Waals surface area contributed by atoms with Crippen LogP contribution in [0, 0.1) is 5.92 Å². The predicted molar refractivity (Wildman–Crippen MR) is 56.4 cm³/mol. The maximum Gasteiger partial charge on any atom is 0.345 e. The van der Waals surface area contributed by atoms with Crippen molar-refractivity contribution in [3.8, 4) is 0 Å². The van der Waals surface area contributed by atoms with E-state index in [4.69, 9.17) is 0 Å². The zero-order chi connectivity index (χ0) is 10.9. The molecule has 0 N–H and O–H groups in total. The van der Waals surface area contributed by atoms with Crippen LogP contribution in [-0.4, -0.2) is 14.3 Å². The summed E-state index contributed by atoms with van der Waals surface area (Å²) in [6.45, 7) is 8.27. The first-order valence-corrected chi connectivity index (χ1v) is 5.08. The second-order valence-electron chi connectivity index (χ2n) is 4.38. The van der Waals surface area contributed by atoms with Crippen molar-refractivity contribution in [2.75, 3.05) is 0 Å². The molecule has 0 aliphatic rings. The highest BCUT2D eigenvalue weighted by Gasteiger charge is 2.14. The van der Waals surface area contributed by atoms with E-state index in [1.165, 1.54) is 4.68 Å². The lowest BCUT2D eigenvalue weighted by Crippen LogP contribution is -2.25. The van der Waals surface area contributed by atoms with Crippen LogP contribution in [0.1, 0.15) is 39.6 Å². The molecule has 0 aromatic carbocycles. The fourth-order valence-electron chi connectivity index (χ4n) is 1.55. The van der Waals surface area contributed by atoms with E-state index in [2.05, 4.69) is 18.9 Å². The minimum absolute atomic E-state index is 0.0179. The number of hydrogen-bond acceptors (Lipinski definition) is 2. The molecule has 0 unspecified atom stereocenters. The molecule has 0 amide bonds. The minimum atomic E-state index is -0.0179. The monoisotopic (exact) mass is 197 g/mol. The van der Waals surface area contributed by atoms with Crippen molar-refractivity contribution in [2.45, 2.75) is 40.2 Å². The summed E-state index contributed by atoms with van der Waals surface area (Å²) < 4.78 is 3.18. The third-order valence-electron chi connectivity index (χ3n) is 2.13. The zero-order valence-electron chi connectivity index (χ0n) is 9.61. The van der Waals surface area contributed by atoms with Crippen LogP contribution < -0.4 is 5.69 Å². The first kappa shape index (κ1) is 11.0. The van der Waals surface area contributed by atoms with Gasteiger partial charge in [0.25, 0.3) is 0 Å². The average molecular weight is 197 g/mol. The van der Waals surface area contributed by atoms with Gasteiger partial charge in [-0.05, 0) is 19.8 Å². The van der Waals surface area contributed by atoms with Gasteiger partial charge in [0.05, 0.1) is 0 Å². The van der Waals surface area contributed by atoms with Crippen LogP contribution in [0.4, 0.5) is 0 Å². The Hall–Kier alpha value is -1.06. The number of hydrogen-bond donors (Lipinski definition) is 0. The van der Waals surface area contributed by atoms with Crippen LogP contribution in [0.25, 0.3) is 0 Å². The van der Waals surface area contributed by atoms with Gasteiger partial charge in [0, 0.05) is 19.5 Å². The molecule has 0 radical (unpaired) electrons. The van der Waals surface area contributed by atoms with Crippen molar-refractivity contribution in [3.05, 3.63) is 16.3 Å². The number of nitrogens with zero attached hydrogens (tertiary/aromatic N) is 3. The van der Waals surface area contributed by atoms with Crippen molar-refractivity contribution in [1.29, 1.82) is 0 Å². The first-order valence-electron chi connectivity index (χ1n) is 5.08. The van der Waals surface area contributed by atoms with Gasteiger partial charge in [0.15, 0.2) is 0 Å². The maximum atomic E-state index is 11.7. The first-order chi connectivity index (χ1) is 6.43. The third kappa shape index (κ3) is 2.05. The standard InChI is InChI=1S/C10H19N3O/c1-7(2)6-9-11-12(5)10(14)13(9)8(3)4/h7-8H,6H2,1-5H3. The van der Waals surface area contributed by atoms with Crippen molar-refractivity contribution in [1.82, 2.24) is 14.3 Å². The molecule has 1 aromatic heterocycles. The molecule has 0 saturated carbocycles. The van der Waals surface area contributed by atoms with Crippen molar-refractivity contribution in [3.63, 3.8) is 0 Å². The molecular weight excluding hydrogens is 178 g/mol. The van der Waals surface area contributed by atoms with E-state index in [1.54, 1.807) is 11.6 Å². The summed E-state index contributed by atoms with van der Waals surface area (Å²) in [5.41, 5.74) is -0.0179. The Balaban J connectivity index is 3.16. The van der Waals surface area contributed by atoms with E-state index in [0.717, 1.165) is 12.2 Å². The predicted octanol–water partition coefficient (Wildman–Crippen LogP) is 1.36. The van der Waals surface area contributed by atoms with Crippen LogP contribution in [-0.2, 0) is 13.5 Å². The normalized spacial score (nSPS) is 11.6. The van der Waals surface area contributed by atoms with Crippen LogP contribution >= 0.6 is 0 Å². The van der Waals surface area contributed by atoms with Gasteiger partial charge < -0.3 is 0 Å². The Kier molecular flexibility index (Phi) is 3.13. The topological polar surface area (TPSA) is 39.8 Å². The maximum absolute atomic E-state index is 11.7. The highest BCUT2D eigenvalue weighted by molar-refractivity contribution is 4.90. The molecule has 0 fully saturated rings. The van der Waals surface area contributed by atoms with Crippen LogP contribution in [0.2, 0.25) is 0 Å². The van der Waals surface area contributed by atoms with E-state index >= 15 is 0 Å². The number of aromatic nitrogens is 3. The van der Waals surface area contributed by atoms with E-state index in [0.29, 0.717) is 5.92 Å². The van der Waals surface area contributed by atoms with Gasteiger partial charge in [-0.2, -0.15) is 5.10 Å². The largest absolute Gasteiger partial charge is 0.345 e. The quantitative estimate of drug-likeness (QED) is 0.734. The molecule has 0 atom stereocenters. The summed E-state index contributed by atoms with van der Waals surface area (Å²) >= 11 is 0. The molecule has 0 spiro atoms. The lowest BCUT2D eigenvalue weighted by Gasteiger charge is -2.09. The smallest absolute Gasteiger partial charge is 0.276 e. The van der Waals surface area contributed by atoms with Gasteiger partial charge in [-0.15, -0.1) is 0 Å².